The molecule has 0 amide bonds. The molecule has 2 aromatic heterocycles. The summed E-state index contributed by atoms with van der Waals surface area (Å²) in [7, 11) is 1.62. The molecule has 3 rings (SSSR count). The van der Waals surface area contributed by atoms with Crippen molar-refractivity contribution >= 4 is 17.0 Å². The highest BCUT2D eigenvalue weighted by Gasteiger charge is 2.12. The number of aromatic nitrogens is 4. The second-order valence-corrected chi connectivity index (χ2v) is 4.15. The van der Waals surface area contributed by atoms with Crippen LogP contribution in [-0.4, -0.2) is 26.8 Å². The quantitative estimate of drug-likeness (QED) is 0.763. The Labute approximate surface area is 109 Å². The van der Waals surface area contributed by atoms with Crippen LogP contribution in [0.2, 0.25) is 0 Å². The third-order valence-corrected chi connectivity index (χ3v) is 2.85. The van der Waals surface area contributed by atoms with Crippen LogP contribution in [0.4, 0.5) is 5.95 Å². The second-order valence-electron chi connectivity index (χ2n) is 4.15. The Morgan fingerprint density at radius 3 is 2.89 bits per heavy atom. The number of anilines is 1. The molecule has 0 aliphatic rings. The number of benzene rings is 1. The van der Waals surface area contributed by atoms with Crippen molar-refractivity contribution in [2.45, 2.75) is 13.5 Å². The van der Waals surface area contributed by atoms with Gasteiger partial charge in [-0.05, 0) is 19.1 Å². The molecule has 0 unspecified atom stereocenters. The van der Waals surface area contributed by atoms with Gasteiger partial charge in [0.2, 0.25) is 11.8 Å². The lowest BCUT2D eigenvalue weighted by Gasteiger charge is -2.04. The van der Waals surface area contributed by atoms with Crippen molar-refractivity contribution in [1.29, 1.82) is 0 Å². The first-order valence-electron chi connectivity index (χ1n) is 5.76. The van der Waals surface area contributed by atoms with Crippen LogP contribution in [0.5, 0.6) is 5.75 Å². The molecule has 2 N–H and O–H groups in total. The zero-order valence-corrected chi connectivity index (χ0v) is 10.6. The van der Waals surface area contributed by atoms with Crippen LogP contribution in [0.1, 0.15) is 11.7 Å². The smallest absolute Gasteiger partial charge is 0.246 e. The SMILES string of the molecule is COc1ccc2nc(N)n(Cc3nc(C)no3)c2c1. The molecule has 0 saturated heterocycles. The summed E-state index contributed by atoms with van der Waals surface area (Å²) >= 11 is 0. The van der Waals surface area contributed by atoms with Gasteiger partial charge in [0.05, 0.1) is 18.1 Å². The van der Waals surface area contributed by atoms with Crippen molar-refractivity contribution in [3.05, 3.63) is 29.9 Å². The molecule has 3 aromatic rings. The fraction of sp³-hybridized carbons (Fsp3) is 0.250. The molecule has 19 heavy (non-hydrogen) atoms. The molecular weight excluding hydrogens is 246 g/mol. The maximum Gasteiger partial charge on any atom is 0.246 e. The van der Waals surface area contributed by atoms with Crippen LogP contribution < -0.4 is 10.5 Å². The normalized spacial score (nSPS) is 11.1. The Balaban J connectivity index is 2.08. The van der Waals surface area contributed by atoms with Crippen molar-refractivity contribution in [2.24, 2.45) is 0 Å². The van der Waals surface area contributed by atoms with Gasteiger partial charge in [-0.1, -0.05) is 5.16 Å². The highest BCUT2D eigenvalue weighted by Crippen LogP contribution is 2.23. The molecule has 7 nitrogen and oxygen atoms in total. The van der Waals surface area contributed by atoms with Crippen molar-refractivity contribution in [2.75, 3.05) is 12.8 Å². The molecule has 0 bridgehead atoms. The summed E-state index contributed by atoms with van der Waals surface area (Å²) in [6.07, 6.45) is 0. The van der Waals surface area contributed by atoms with Gasteiger partial charge in [-0.3, -0.25) is 0 Å². The molecule has 0 spiro atoms. The number of ether oxygens (including phenoxy) is 1. The van der Waals surface area contributed by atoms with E-state index in [0.29, 0.717) is 24.2 Å². The topological polar surface area (TPSA) is 92.0 Å². The Morgan fingerprint density at radius 2 is 2.21 bits per heavy atom. The summed E-state index contributed by atoms with van der Waals surface area (Å²) in [5, 5.41) is 3.76. The molecule has 2 heterocycles. The lowest BCUT2D eigenvalue weighted by Crippen LogP contribution is -2.05. The van der Waals surface area contributed by atoms with E-state index in [0.717, 1.165) is 16.8 Å². The number of hydrogen-bond donors (Lipinski definition) is 1. The van der Waals surface area contributed by atoms with Crippen LogP contribution in [-0.2, 0) is 6.54 Å². The van der Waals surface area contributed by atoms with Crippen molar-refractivity contribution in [3.8, 4) is 5.75 Å². The maximum absolute atomic E-state index is 5.92. The minimum absolute atomic E-state index is 0.385. The third kappa shape index (κ3) is 1.99. The van der Waals surface area contributed by atoms with E-state index in [9.17, 15) is 0 Å². The average molecular weight is 259 g/mol. The first-order valence-corrected chi connectivity index (χ1v) is 5.76. The predicted molar refractivity (Wildman–Crippen MR) is 68.8 cm³/mol. The number of aryl methyl sites for hydroxylation is 1. The lowest BCUT2D eigenvalue weighted by molar-refractivity contribution is 0.369. The van der Waals surface area contributed by atoms with E-state index in [-0.39, 0.29) is 0 Å². The second kappa shape index (κ2) is 4.27. The lowest BCUT2D eigenvalue weighted by atomic mass is 10.3. The first kappa shape index (κ1) is 11.5. The molecule has 0 fully saturated rings. The highest BCUT2D eigenvalue weighted by molar-refractivity contribution is 5.80. The third-order valence-electron chi connectivity index (χ3n) is 2.85. The number of nitrogens with two attached hydrogens (primary N) is 1. The van der Waals surface area contributed by atoms with Gasteiger partial charge in [-0.25, -0.2) is 4.98 Å². The summed E-state index contributed by atoms with van der Waals surface area (Å²) in [6.45, 7) is 2.15. The summed E-state index contributed by atoms with van der Waals surface area (Å²) in [5.74, 6) is 2.23. The molecule has 1 aromatic carbocycles. The molecule has 0 radical (unpaired) electrons. The largest absolute Gasteiger partial charge is 0.497 e. The van der Waals surface area contributed by atoms with E-state index in [1.165, 1.54) is 0 Å². The summed E-state index contributed by atoms with van der Waals surface area (Å²) < 4.78 is 12.1. The minimum atomic E-state index is 0.385. The fourth-order valence-corrected chi connectivity index (χ4v) is 1.95. The van der Waals surface area contributed by atoms with Gasteiger partial charge in [-0.15, -0.1) is 0 Å². The number of rotatable bonds is 3. The van der Waals surface area contributed by atoms with Crippen LogP contribution >= 0.6 is 0 Å². The van der Waals surface area contributed by atoms with E-state index < -0.39 is 0 Å². The number of nitrogens with zero attached hydrogens (tertiary/aromatic N) is 4. The van der Waals surface area contributed by atoms with Gasteiger partial charge >= 0.3 is 0 Å². The Bertz CT molecular complexity index is 731. The van der Waals surface area contributed by atoms with Crippen molar-refractivity contribution in [1.82, 2.24) is 19.7 Å². The number of imidazole rings is 1. The number of methoxy groups -OCH3 is 1. The van der Waals surface area contributed by atoms with Gasteiger partial charge in [-0.2, -0.15) is 4.98 Å². The Hall–Kier alpha value is -2.57. The van der Waals surface area contributed by atoms with E-state index in [2.05, 4.69) is 15.1 Å². The average Bonchev–Trinajstić information content (AvgIpc) is 2.94. The van der Waals surface area contributed by atoms with E-state index in [1.807, 2.05) is 22.8 Å². The van der Waals surface area contributed by atoms with E-state index in [4.69, 9.17) is 15.0 Å². The fourth-order valence-electron chi connectivity index (χ4n) is 1.95. The zero-order chi connectivity index (χ0) is 13.4. The maximum atomic E-state index is 5.92. The molecule has 98 valence electrons. The van der Waals surface area contributed by atoms with Gasteiger partial charge in [0.15, 0.2) is 5.82 Å². The zero-order valence-electron chi connectivity index (χ0n) is 10.6. The highest BCUT2D eigenvalue weighted by atomic mass is 16.5. The standard InChI is InChI=1S/C12H13N5O2/c1-7-14-11(19-16-7)6-17-10-5-8(18-2)3-4-9(10)15-12(17)13/h3-5H,6H2,1-2H3,(H2,13,15). The summed E-state index contributed by atoms with van der Waals surface area (Å²) in [4.78, 5) is 8.45. The monoisotopic (exact) mass is 259 g/mol. The van der Waals surface area contributed by atoms with Crippen molar-refractivity contribution < 1.29 is 9.26 Å². The van der Waals surface area contributed by atoms with Crippen molar-refractivity contribution in [3.63, 3.8) is 0 Å². The molecule has 0 saturated carbocycles. The van der Waals surface area contributed by atoms with Crippen LogP contribution in [0.15, 0.2) is 22.7 Å². The molecule has 0 atom stereocenters. The molecule has 0 aliphatic heterocycles. The predicted octanol–water partition coefficient (Wildman–Crippen LogP) is 1.37. The Kier molecular flexibility index (Phi) is 2.59. The Morgan fingerprint density at radius 1 is 1.37 bits per heavy atom. The van der Waals surface area contributed by atoms with Gasteiger partial charge in [0.25, 0.3) is 0 Å². The van der Waals surface area contributed by atoms with E-state index in [1.54, 1.807) is 14.0 Å². The van der Waals surface area contributed by atoms with Gasteiger partial charge < -0.3 is 19.6 Å². The first-order chi connectivity index (χ1) is 9.17. The number of nitrogen functional groups attached to an aromatic ring is 1. The summed E-state index contributed by atoms with van der Waals surface area (Å²) in [5.41, 5.74) is 7.59. The number of hydrogen-bond acceptors (Lipinski definition) is 6. The number of fused-ring (bicyclic) bond motifs is 1. The molecular formula is C12H13N5O2. The van der Waals surface area contributed by atoms with Crippen LogP contribution in [0, 0.1) is 6.92 Å². The van der Waals surface area contributed by atoms with Gasteiger partial charge in [0.1, 0.15) is 12.3 Å². The van der Waals surface area contributed by atoms with Gasteiger partial charge in [0, 0.05) is 6.07 Å². The summed E-state index contributed by atoms with van der Waals surface area (Å²) in [6, 6.07) is 5.58. The van der Waals surface area contributed by atoms with Crippen LogP contribution in [0.25, 0.3) is 11.0 Å². The minimum Gasteiger partial charge on any atom is -0.497 e. The molecule has 0 aliphatic carbocycles. The van der Waals surface area contributed by atoms with Crippen LogP contribution in [0.3, 0.4) is 0 Å². The van der Waals surface area contributed by atoms with E-state index >= 15 is 0 Å². The molecule has 7 heteroatoms.